The Morgan fingerprint density at radius 2 is 2.09 bits per heavy atom. The predicted octanol–water partition coefficient (Wildman–Crippen LogP) is 3.62. The molecule has 124 valence electrons. The van der Waals surface area contributed by atoms with Crippen molar-refractivity contribution in [2.24, 2.45) is 0 Å². The third-order valence-corrected chi connectivity index (χ3v) is 4.46. The summed E-state index contributed by atoms with van der Waals surface area (Å²) in [5, 5.41) is 9.52. The first-order valence-electron chi connectivity index (χ1n) is 8.02. The topological polar surface area (TPSA) is 57.0 Å². The van der Waals surface area contributed by atoms with Crippen molar-refractivity contribution >= 4 is 18.0 Å². The Hall–Kier alpha value is -1.82. The zero-order valence-corrected chi connectivity index (χ0v) is 14.5. The zero-order valence-electron chi connectivity index (χ0n) is 13.7. The maximum absolute atomic E-state index is 10.9. The van der Waals surface area contributed by atoms with Crippen LogP contribution in [-0.4, -0.2) is 33.4 Å². The summed E-state index contributed by atoms with van der Waals surface area (Å²) >= 11 is 1.70. The Bertz CT molecular complexity index is 628. The van der Waals surface area contributed by atoms with Crippen LogP contribution in [0.1, 0.15) is 42.9 Å². The Labute approximate surface area is 141 Å². The van der Waals surface area contributed by atoms with E-state index in [9.17, 15) is 4.79 Å². The van der Waals surface area contributed by atoms with Gasteiger partial charge in [-0.3, -0.25) is 4.79 Å². The van der Waals surface area contributed by atoms with Crippen molar-refractivity contribution in [3.63, 3.8) is 0 Å². The summed E-state index contributed by atoms with van der Waals surface area (Å²) in [5.41, 5.74) is 0.593. The number of thioether (sulfide) groups is 1. The van der Waals surface area contributed by atoms with Gasteiger partial charge in [0.1, 0.15) is 11.6 Å². The van der Waals surface area contributed by atoms with E-state index in [2.05, 4.69) is 28.6 Å². The number of carbonyl (C=O) groups excluding carboxylic acids is 1. The maximum Gasteiger partial charge on any atom is 0.191 e. The Kier molecular flexibility index (Phi) is 7.13. The van der Waals surface area contributed by atoms with E-state index in [4.69, 9.17) is 4.74 Å². The Morgan fingerprint density at radius 1 is 1.26 bits per heavy atom. The van der Waals surface area contributed by atoms with Crippen LogP contribution >= 0.6 is 11.8 Å². The van der Waals surface area contributed by atoms with Crippen molar-refractivity contribution in [2.75, 3.05) is 12.4 Å². The summed E-state index contributed by atoms with van der Waals surface area (Å²) in [6.45, 7) is 5.75. The molecule has 0 saturated heterocycles. The molecular formula is C17H23N3O2S. The van der Waals surface area contributed by atoms with Crippen molar-refractivity contribution in [3.8, 4) is 5.75 Å². The van der Waals surface area contributed by atoms with Gasteiger partial charge in [-0.2, -0.15) is 0 Å². The van der Waals surface area contributed by atoms with Crippen LogP contribution in [0.15, 0.2) is 29.4 Å². The van der Waals surface area contributed by atoms with E-state index in [1.165, 1.54) is 0 Å². The van der Waals surface area contributed by atoms with Crippen LogP contribution in [0.2, 0.25) is 0 Å². The second-order valence-electron chi connectivity index (χ2n) is 5.10. The highest BCUT2D eigenvalue weighted by Crippen LogP contribution is 2.20. The SMILES string of the molecule is CCCc1nnc(SCCCOc2ccccc2C=O)n1CC. The number of hydrogen-bond acceptors (Lipinski definition) is 5. The van der Waals surface area contributed by atoms with E-state index in [1.807, 2.05) is 18.2 Å². The molecule has 0 aliphatic carbocycles. The van der Waals surface area contributed by atoms with Crippen LogP contribution in [0.4, 0.5) is 0 Å². The second-order valence-corrected chi connectivity index (χ2v) is 6.16. The molecule has 0 fully saturated rings. The lowest BCUT2D eigenvalue weighted by atomic mass is 10.2. The lowest BCUT2D eigenvalue weighted by Crippen LogP contribution is -2.04. The van der Waals surface area contributed by atoms with Crippen molar-refractivity contribution in [1.82, 2.24) is 14.8 Å². The fourth-order valence-electron chi connectivity index (χ4n) is 2.27. The summed E-state index contributed by atoms with van der Waals surface area (Å²) < 4.78 is 7.86. The summed E-state index contributed by atoms with van der Waals surface area (Å²) in [7, 11) is 0. The number of nitrogens with zero attached hydrogens (tertiary/aromatic N) is 3. The van der Waals surface area contributed by atoms with Gasteiger partial charge in [0.05, 0.1) is 12.2 Å². The molecule has 1 heterocycles. The van der Waals surface area contributed by atoms with Crippen molar-refractivity contribution in [3.05, 3.63) is 35.7 Å². The first-order valence-corrected chi connectivity index (χ1v) is 9.00. The molecule has 0 spiro atoms. The number of benzene rings is 1. The van der Waals surface area contributed by atoms with Crippen LogP contribution in [0, 0.1) is 0 Å². The van der Waals surface area contributed by atoms with Gasteiger partial charge in [0.2, 0.25) is 0 Å². The minimum absolute atomic E-state index is 0.583. The minimum Gasteiger partial charge on any atom is -0.493 e. The van der Waals surface area contributed by atoms with E-state index < -0.39 is 0 Å². The van der Waals surface area contributed by atoms with Gasteiger partial charge in [-0.15, -0.1) is 10.2 Å². The summed E-state index contributed by atoms with van der Waals surface area (Å²) in [6.07, 6.45) is 3.75. The molecule has 2 aromatic rings. The predicted molar refractivity (Wildman–Crippen MR) is 92.4 cm³/mol. The molecule has 1 aromatic carbocycles. The van der Waals surface area contributed by atoms with Crippen molar-refractivity contribution < 1.29 is 9.53 Å². The smallest absolute Gasteiger partial charge is 0.191 e. The summed E-state index contributed by atoms with van der Waals surface area (Å²) in [5.74, 6) is 2.62. The molecule has 6 heteroatoms. The lowest BCUT2D eigenvalue weighted by molar-refractivity contribution is 0.111. The molecule has 0 aliphatic heterocycles. The highest BCUT2D eigenvalue weighted by Gasteiger charge is 2.10. The van der Waals surface area contributed by atoms with Gasteiger partial charge in [-0.1, -0.05) is 30.8 Å². The largest absolute Gasteiger partial charge is 0.493 e. The monoisotopic (exact) mass is 333 g/mol. The number of rotatable bonds is 10. The van der Waals surface area contributed by atoms with Crippen molar-refractivity contribution in [1.29, 1.82) is 0 Å². The van der Waals surface area contributed by atoms with Gasteiger partial charge < -0.3 is 9.30 Å². The van der Waals surface area contributed by atoms with Crippen LogP contribution in [0.3, 0.4) is 0 Å². The zero-order chi connectivity index (χ0) is 16.5. The molecule has 0 N–H and O–H groups in total. The molecule has 5 nitrogen and oxygen atoms in total. The van der Waals surface area contributed by atoms with E-state index >= 15 is 0 Å². The lowest BCUT2D eigenvalue weighted by Gasteiger charge is -2.08. The fraction of sp³-hybridized carbons (Fsp3) is 0.471. The maximum atomic E-state index is 10.9. The standard InChI is InChI=1S/C17H23N3O2S/c1-3-8-16-18-19-17(20(16)4-2)23-12-7-11-22-15-10-6-5-9-14(15)13-21/h5-6,9-10,13H,3-4,7-8,11-12H2,1-2H3. The van der Waals surface area contributed by atoms with Crippen molar-refractivity contribution in [2.45, 2.75) is 44.8 Å². The average Bonchev–Trinajstić information content (AvgIpc) is 2.97. The Balaban J connectivity index is 1.78. The van der Waals surface area contributed by atoms with E-state index in [0.29, 0.717) is 17.9 Å². The molecule has 23 heavy (non-hydrogen) atoms. The number of aromatic nitrogens is 3. The number of aldehydes is 1. The number of carbonyl (C=O) groups is 1. The number of para-hydroxylation sites is 1. The van der Waals surface area contributed by atoms with Crippen LogP contribution in [-0.2, 0) is 13.0 Å². The van der Waals surface area contributed by atoms with Gasteiger partial charge in [0, 0.05) is 18.7 Å². The summed E-state index contributed by atoms with van der Waals surface area (Å²) in [6, 6.07) is 7.28. The molecule has 0 amide bonds. The molecule has 2 rings (SSSR count). The van der Waals surface area contributed by atoms with Gasteiger partial charge in [-0.05, 0) is 31.9 Å². The fourth-order valence-corrected chi connectivity index (χ4v) is 3.20. The number of ether oxygens (including phenoxy) is 1. The van der Waals surface area contributed by atoms with E-state index in [-0.39, 0.29) is 0 Å². The molecule has 0 radical (unpaired) electrons. The van der Waals surface area contributed by atoms with Gasteiger partial charge >= 0.3 is 0 Å². The average molecular weight is 333 g/mol. The van der Waals surface area contributed by atoms with Crippen LogP contribution < -0.4 is 4.74 Å². The third-order valence-electron chi connectivity index (χ3n) is 3.41. The molecule has 0 unspecified atom stereocenters. The normalized spacial score (nSPS) is 10.7. The van der Waals surface area contributed by atoms with Gasteiger partial charge in [-0.25, -0.2) is 0 Å². The molecule has 0 saturated carbocycles. The van der Waals surface area contributed by atoms with Crippen LogP contribution in [0.25, 0.3) is 0 Å². The van der Waals surface area contributed by atoms with Gasteiger partial charge in [0.25, 0.3) is 0 Å². The first kappa shape index (κ1) is 17.5. The Morgan fingerprint density at radius 3 is 2.83 bits per heavy atom. The van der Waals surface area contributed by atoms with E-state index in [1.54, 1.807) is 17.8 Å². The number of aryl methyl sites for hydroxylation is 1. The summed E-state index contributed by atoms with van der Waals surface area (Å²) in [4.78, 5) is 10.9. The highest BCUT2D eigenvalue weighted by molar-refractivity contribution is 7.99. The minimum atomic E-state index is 0.583. The second kappa shape index (κ2) is 9.35. The molecular weight excluding hydrogens is 310 g/mol. The van der Waals surface area contributed by atoms with E-state index in [0.717, 1.165) is 48.8 Å². The van der Waals surface area contributed by atoms with Gasteiger partial charge in [0.15, 0.2) is 11.4 Å². The van der Waals surface area contributed by atoms with Crippen LogP contribution in [0.5, 0.6) is 5.75 Å². The molecule has 0 bridgehead atoms. The number of hydrogen-bond donors (Lipinski definition) is 0. The first-order chi connectivity index (χ1) is 11.3. The molecule has 0 aliphatic rings. The molecule has 0 atom stereocenters. The highest BCUT2D eigenvalue weighted by atomic mass is 32.2. The third kappa shape index (κ3) is 4.82. The quantitative estimate of drug-likeness (QED) is 0.377. The molecule has 1 aromatic heterocycles.